The van der Waals surface area contributed by atoms with Crippen molar-refractivity contribution in [1.82, 2.24) is 19.7 Å². The molecule has 26 heavy (non-hydrogen) atoms. The molecule has 1 aromatic carbocycles. The van der Waals surface area contributed by atoms with Gasteiger partial charge >= 0.3 is 0 Å². The molecule has 140 valence electrons. The molecule has 0 bridgehead atoms. The van der Waals surface area contributed by atoms with Crippen molar-refractivity contribution in [3.63, 3.8) is 0 Å². The molecule has 0 unspecified atom stereocenters. The van der Waals surface area contributed by atoms with Crippen molar-refractivity contribution >= 4 is 35.0 Å². The van der Waals surface area contributed by atoms with Crippen LogP contribution in [0.5, 0.6) is 0 Å². The second-order valence-electron chi connectivity index (χ2n) is 5.94. The Kier molecular flexibility index (Phi) is 6.76. The molecule has 2 aromatic rings. The van der Waals surface area contributed by atoms with Crippen LogP contribution in [0.3, 0.4) is 0 Å². The first kappa shape index (κ1) is 19.0. The highest BCUT2D eigenvalue weighted by molar-refractivity contribution is 7.99. The molecule has 2 heterocycles. The lowest BCUT2D eigenvalue weighted by molar-refractivity contribution is -0.128. The normalized spacial score (nSPS) is 14.7. The van der Waals surface area contributed by atoms with Crippen molar-refractivity contribution in [3.05, 3.63) is 35.6 Å². The molecule has 7 nitrogen and oxygen atoms in total. The Morgan fingerprint density at radius 1 is 1.31 bits per heavy atom. The van der Waals surface area contributed by atoms with Crippen LogP contribution in [0.1, 0.15) is 0 Å². The lowest BCUT2D eigenvalue weighted by Crippen LogP contribution is -2.49. The van der Waals surface area contributed by atoms with Gasteiger partial charge in [0.25, 0.3) is 0 Å². The molecular weight excluding hydrogens is 374 g/mol. The SMILES string of the molecule is COCCn1cnnc1SCC(=O)N1CCN(c2cccc(Cl)c2)CC1. The molecule has 0 saturated carbocycles. The monoisotopic (exact) mass is 395 g/mol. The van der Waals surface area contributed by atoms with E-state index in [0.29, 0.717) is 32.0 Å². The highest BCUT2D eigenvalue weighted by Gasteiger charge is 2.22. The lowest BCUT2D eigenvalue weighted by atomic mass is 10.2. The molecule has 0 spiro atoms. The number of piperazine rings is 1. The predicted molar refractivity (Wildman–Crippen MR) is 103 cm³/mol. The minimum absolute atomic E-state index is 0.127. The molecule has 1 aliphatic heterocycles. The Bertz CT molecular complexity index is 733. The quantitative estimate of drug-likeness (QED) is 0.668. The topological polar surface area (TPSA) is 63.5 Å². The summed E-state index contributed by atoms with van der Waals surface area (Å²) in [7, 11) is 1.66. The van der Waals surface area contributed by atoms with E-state index in [9.17, 15) is 4.79 Å². The van der Waals surface area contributed by atoms with Gasteiger partial charge in [0.1, 0.15) is 6.33 Å². The van der Waals surface area contributed by atoms with Gasteiger partial charge in [0, 0.05) is 50.5 Å². The van der Waals surface area contributed by atoms with Gasteiger partial charge in [-0.3, -0.25) is 4.79 Å². The number of benzene rings is 1. The number of rotatable bonds is 7. The first-order chi connectivity index (χ1) is 12.7. The third-order valence-electron chi connectivity index (χ3n) is 4.25. The van der Waals surface area contributed by atoms with E-state index < -0.39 is 0 Å². The Morgan fingerprint density at radius 2 is 2.12 bits per heavy atom. The Hall–Kier alpha value is -1.77. The van der Waals surface area contributed by atoms with Crippen molar-refractivity contribution in [3.8, 4) is 0 Å². The van der Waals surface area contributed by atoms with Crippen molar-refractivity contribution in [1.29, 1.82) is 0 Å². The van der Waals surface area contributed by atoms with Gasteiger partial charge in [-0.05, 0) is 18.2 Å². The van der Waals surface area contributed by atoms with E-state index in [1.807, 2.05) is 33.7 Å². The Balaban J connectivity index is 1.47. The van der Waals surface area contributed by atoms with Crippen LogP contribution in [-0.2, 0) is 16.1 Å². The maximum absolute atomic E-state index is 12.5. The largest absolute Gasteiger partial charge is 0.383 e. The van der Waals surface area contributed by atoms with Crippen LogP contribution < -0.4 is 4.90 Å². The molecule has 0 radical (unpaired) electrons. The third-order valence-corrected chi connectivity index (χ3v) is 5.45. The Labute approximate surface area is 162 Å². The minimum Gasteiger partial charge on any atom is -0.383 e. The second-order valence-corrected chi connectivity index (χ2v) is 7.32. The fraction of sp³-hybridized carbons (Fsp3) is 0.471. The number of methoxy groups -OCH3 is 1. The number of nitrogens with zero attached hydrogens (tertiary/aromatic N) is 5. The maximum Gasteiger partial charge on any atom is 0.233 e. The van der Waals surface area contributed by atoms with Crippen LogP contribution in [0, 0.1) is 0 Å². The molecule has 9 heteroatoms. The zero-order valence-corrected chi connectivity index (χ0v) is 16.2. The van der Waals surface area contributed by atoms with Crippen molar-refractivity contribution in [2.24, 2.45) is 0 Å². The molecule has 1 aromatic heterocycles. The average Bonchev–Trinajstić information content (AvgIpc) is 3.12. The number of amides is 1. The van der Waals surface area contributed by atoms with Gasteiger partial charge in [0.2, 0.25) is 5.91 Å². The van der Waals surface area contributed by atoms with Crippen LogP contribution in [0.15, 0.2) is 35.7 Å². The van der Waals surface area contributed by atoms with Gasteiger partial charge in [-0.1, -0.05) is 29.4 Å². The number of ether oxygens (including phenoxy) is 1. The predicted octanol–water partition coefficient (Wildman–Crippen LogP) is 2.02. The van der Waals surface area contributed by atoms with E-state index in [-0.39, 0.29) is 5.91 Å². The van der Waals surface area contributed by atoms with E-state index in [4.69, 9.17) is 16.3 Å². The van der Waals surface area contributed by atoms with Crippen molar-refractivity contribution in [2.75, 3.05) is 50.5 Å². The van der Waals surface area contributed by atoms with Gasteiger partial charge in [0.05, 0.1) is 12.4 Å². The van der Waals surface area contributed by atoms with E-state index in [2.05, 4.69) is 15.1 Å². The Morgan fingerprint density at radius 3 is 2.85 bits per heavy atom. The van der Waals surface area contributed by atoms with Crippen LogP contribution >= 0.6 is 23.4 Å². The molecule has 1 aliphatic rings. The summed E-state index contributed by atoms with van der Waals surface area (Å²) in [6, 6.07) is 7.83. The fourth-order valence-electron chi connectivity index (χ4n) is 2.80. The number of halogens is 1. The van der Waals surface area contributed by atoms with Gasteiger partial charge in [-0.15, -0.1) is 10.2 Å². The van der Waals surface area contributed by atoms with Crippen LogP contribution in [0.25, 0.3) is 0 Å². The number of carbonyl (C=O) groups is 1. The molecule has 0 atom stereocenters. The van der Waals surface area contributed by atoms with Crippen LogP contribution in [-0.4, -0.2) is 71.2 Å². The van der Waals surface area contributed by atoms with Gasteiger partial charge in [-0.2, -0.15) is 0 Å². The summed E-state index contributed by atoms with van der Waals surface area (Å²) in [6.45, 7) is 4.30. The molecule has 0 aliphatic carbocycles. The number of anilines is 1. The van der Waals surface area contributed by atoms with Gasteiger partial charge in [0.15, 0.2) is 5.16 Å². The molecule has 0 N–H and O–H groups in total. The summed E-state index contributed by atoms with van der Waals surface area (Å²) in [4.78, 5) is 16.7. The average molecular weight is 396 g/mol. The zero-order valence-electron chi connectivity index (χ0n) is 14.7. The molecule has 1 fully saturated rings. The van der Waals surface area contributed by atoms with E-state index >= 15 is 0 Å². The first-order valence-electron chi connectivity index (χ1n) is 8.45. The zero-order chi connectivity index (χ0) is 18.4. The highest BCUT2D eigenvalue weighted by atomic mass is 35.5. The highest BCUT2D eigenvalue weighted by Crippen LogP contribution is 2.21. The smallest absolute Gasteiger partial charge is 0.233 e. The summed E-state index contributed by atoms with van der Waals surface area (Å²) in [5.41, 5.74) is 1.10. The van der Waals surface area contributed by atoms with E-state index in [1.165, 1.54) is 11.8 Å². The summed E-state index contributed by atoms with van der Waals surface area (Å²) < 4.78 is 6.97. The number of thioether (sulfide) groups is 1. The molecule has 1 amide bonds. The van der Waals surface area contributed by atoms with Gasteiger partial charge < -0.3 is 19.1 Å². The van der Waals surface area contributed by atoms with Crippen molar-refractivity contribution < 1.29 is 9.53 Å². The fourth-order valence-corrected chi connectivity index (χ4v) is 3.83. The number of hydrogen-bond donors (Lipinski definition) is 0. The van der Waals surface area contributed by atoms with Gasteiger partial charge in [-0.25, -0.2) is 0 Å². The molecule has 3 rings (SSSR count). The van der Waals surface area contributed by atoms with E-state index in [1.54, 1.807) is 13.4 Å². The first-order valence-corrected chi connectivity index (χ1v) is 9.81. The summed E-state index contributed by atoms with van der Waals surface area (Å²) >= 11 is 7.48. The second kappa shape index (κ2) is 9.25. The maximum atomic E-state index is 12.5. The van der Waals surface area contributed by atoms with Crippen LogP contribution in [0.4, 0.5) is 5.69 Å². The number of aromatic nitrogens is 3. The van der Waals surface area contributed by atoms with Crippen molar-refractivity contribution in [2.45, 2.75) is 11.7 Å². The summed E-state index contributed by atoms with van der Waals surface area (Å²) in [5.74, 6) is 0.491. The molecular formula is C17H22ClN5O2S. The third kappa shape index (κ3) is 4.90. The number of hydrogen-bond acceptors (Lipinski definition) is 6. The molecule has 1 saturated heterocycles. The summed E-state index contributed by atoms with van der Waals surface area (Å²) in [6.07, 6.45) is 1.66. The van der Waals surface area contributed by atoms with Crippen LogP contribution in [0.2, 0.25) is 5.02 Å². The standard InChI is InChI=1S/C17H22ClN5O2S/c1-25-10-9-23-13-19-20-17(23)26-12-16(24)22-7-5-21(6-8-22)15-4-2-3-14(18)11-15/h2-4,11,13H,5-10,12H2,1H3. The minimum atomic E-state index is 0.127. The summed E-state index contributed by atoms with van der Waals surface area (Å²) in [5, 5.41) is 9.46. The van der Waals surface area contributed by atoms with E-state index in [0.717, 1.165) is 29.0 Å². The number of carbonyl (C=O) groups excluding carboxylic acids is 1. The lowest BCUT2D eigenvalue weighted by Gasteiger charge is -2.36.